The molecule has 0 radical (unpaired) electrons. The van der Waals surface area contributed by atoms with E-state index >= 15 is 0 Å². The van der Waals surface area contributed by atoms with Gasteiger partial charge >= 0.3 is 0 Å². The van der Waals surface area contributed by atoms with E-state index in [1.54, 1.807) is 12.4 Å². The molecule has 6 nitrogen and oxygen atoms in total. The van der Waals surface area contributed by atoms with Crippen LogP contribution in [0.25, 0.3) is 11.4 Å². The smallest absolute Gasteiger partial charge is 0.230 e. The topological polar surface area (TPSA) is 72.7 Å². The zero-order valence-electron chi connectivity index (χ0n) is 14.8. The zero-order chi connectivity index (χ0) is 18.6. The number of carbonyl (C=O) groups is 1. The number of hydrogen-bond donors (Lipinski definition) is 1. The minimum absolute atomic E-state index is 0.0126. The first-order valence-electron chi connectivity index (χ1n) is 9.08. The zero-order valence-corrected chi connectivity index (χ0v) is 15.6. The number of carbonyl (C=O) groups excluding carboxylic acids is 1. The Morgan fingerprint density at radius 2 is 1.93 bits per heavy atom. The van der Waals surface area contributed by atoms with Crippen LogP contribution in [0, 0.1) is 0 Å². The van der Waals surface area contributed by atoms with Gasteiger partial charge in [0.2, 0.25) is 5.91 Å². The van der Waals surface area contributed by atoms with Crippen molar-refractivity contribution < 1.29 is 4.79 Å². The maximum Gasteiger partial charge on any atom is 0.230 e. The largest absolute Gasteiger partial charge is 0.355 e. The molecule has 1 aromatic carbocycles. The number of halogens is 1. The molecule has 4 rings (SSSR count). The summed E-state index contributed by atoms with van der Waals surface area (Å²) in [6.45, 7) is 1.41. The minimum atomic E-state index is -0.257. The molecule has 1 amide bonds. The van der Waals surface area contributed by atoms with Crippen LogP contribution in [-0.2, 0) is 17.8 Å². The Balaban J connectivity index is 1.44. The second-order valence-electron chi connectivity index (χ2n) is 6.63. The van der Waals surface area contributed by atoms with Gasteiger partial charge in [-0.05, 0) is 49.1 Å². The molecule has 7 heteroatoms. The number of aromatic nitrogens is 4. The van der Waals surface area contributed by atoms with Crippen LogP contribution in [0.15, 0.2) is 48.8 Å². The Labute approximate surface area is 162 Å². The molecule has 0 spiro atoms. The van der Waals surface area contributed by atoms with Crippen molar-refractivity contribution in [2.45, 2.75) is 31.7 Å². The van der Waals surface area contributed by atoms with Crippen LogP contribution in [0.1, 0.15) is 30.1 Å². The highest BCUT2D eigenvalue weighted by Gasteiger charge is 2.30. The number of amides is 1. The molecule has 3 aromatic rings. The van der Waals surface area contributed by atoms with Gasteiger partial charge in [0.15, 0.2) is 5.82 Å². The molecule has 3 heterocycles. The molecule has 1 N–H and O–H groups in total. The summed E-state index contributed by atoms with van der Waals surface area (Å²) in [6.07, 6.45) is 5.96. The van der Waals surface area contributed by atoms with Gasteiger partial charge in [-0.1, -0.05) is 23.7 Å². The molecule has 1 aliphatic heterocycles. The number of fused-ring (bicyclic) bond motifs is 1. The Morgan fingerprint density at radius 3 is 2.70 bits per heavy atom. The van der Waals surface area contributed by atoms with E-state index in [0.717, 1.165) is 48.6 Å². The first kappa shape index (κ1) is 17.7. The quantitative estimate of drug-likeness (QED) is 0.736. The van der Waals surface area contributed by atoms with Crippen molar-refractivity contribution in [2.75, 3.05) is 6.54 Å². The van der Waals surface area contributed by atoms with Crippen LogP contribution in [0.5, 0.6) is 0 Å². The van der Waals surface area contributed by atoms with Gasteiger partial charge in [-0.3, -0.25) is 9.78 Å². The van der Waals surface area contributed by atoms with E-state index in [1.165, 1.54) is 0 Å². The SMILES string of the molecule is O=C(NCCc1ccc(Cl)cc1)C1CCCn2c(-c3ccncc3)nnc21. The lowest BCUT2D eigenvalue weighted by atomic mass is 9.97. The highest BCUT2D eigenvalue weighted by Crippen LogP contribution is 2.30. The molecule has 27 heavy (non-hydrogen) atoms. The first-order chi connectivity index (χ1) is 13.2. The number of rotatable bonds is 5. The molecule has 0 saturated heterocycles. The standard InChI is InChI=1S/C20H20ClN5O/c21-16-5-3-14(4-6-16)7-12-23-20(27)17-2-1-13-26-18(24-25-19(17)26)15-8-10-22-11-9-15/h3-6,8-11,17H,1-2,7,12-13H2,(H,23,27). The molecule has 2 aromatic heterocycles. The molecular weight excluding hydrogens is 362 g/mol. The van der Waals surface area contributed by atoms with Gasteiger partial charge in [0.25, 0.3) is 0 Å². The van der Waals surface area contributed by atoms with Crippen LogP contribution in [-0.4, -0.2) is 32.2 Å². The van der Waals surface area contributed by atoms with Crippen LogP contribution >= 0.6 is 11.6 Å². The predicted octanol–water partition coefficient (Wildman–Crippen LogP) is 3.23. The average molecular weight is 382 g/mol. The van der Waals surface area contributed by atoms with E-state index in [9.17, 15) is 4.79 Å². The molecule has 0 saturated carbocycles. The summed E-state index contributed by atoms with van der Waals surface area (Å²) >= 11 is 5.90. The molecule has 1 aliphatic rings. The van der Waals surface area contributed by atoms with Gasteiger partial charge in [0, 0.05) is 36.1 Å². The molecule has 138 valence electrons. The fraction of sp³-hybridized carbons (Fsp3) is 0.300. The predicted molar refractivity (Wildman–Crippen MR) is 103 cm³/mol. The van der Waals surface area contributed by atoms with Gasteiger partial charge in [-0.25, -0.2) is 0 Å². The molecule has 0 bridgehead atoms. The van der Waals surface area contributed by atoms with E-state index in [4.69, 9.17) is 11.6 Å². The highest BCUT2D eigenvalue weighted by atomic mass is 35.5. The number of nitrogens with zero attached hydrogens (tertiary/aromatic N) is 4. The lowest BCUT2D eigenvalue weighted by molar-refractivity contribution is -0.123. The van der Waals surface area contributed by atoms with Crippen molar-refractivity contribution >= 4 is 17.5 Å². The lowest BCUT2D eigenvalue weighted by Gasteiger charge is -2.23. The van der Waals surface area contributed by atoms with Gasteiger partial charge in [0.1, 0.15) is 5.82 Å². The number of benzene rings is 1. The fourth-order valence-electron chi connectivity index (χ4n) is 3.44. The number of nitrogens with one attached hydrogen (secondary N) is 1. The van der Waals surface area contributed by atoms with E-state index in [0.29, 0.717) is 11.6 Å². The Kier molecular flexibility index (Phi) is 5.16. The highest BCUT2D eigenvalue weighted by molar-refractivity contribution is 6.30. The fourth-order valence-corrected chi connectivity index (χ4v) is 3.57. The average Bonchev–Trinajstić information content (AvgIpc) is 3.14. The van der Waals surface area contributed by atoms with E-state index in [-0.39, 0.29) is 11.8 Å². The molecule has 0 fully saturated rings. The second kappa shape index (κ2) is 7.88. The monoisotopic (exact) mass is 381 g/mol. The van der Waals surface area contributed by atoms with E-state index in [2.05, 4.69) is 25.1 Å². The summed E-state index contributed by atoms with van der Waals surface area (Å²) in [4.78, 5) is 16.8. The Bertz CT molecular complexity index is 923. The van der Waals surface area contributed by atoms with Gasteiger partial charge in [-0.15, -0.1) is 10.2 Å². The summed E-state index contributed by atoms with van der Waals surface area (Å²) in [5.74, 6) is 1.30. The molecular formula is C20H20ClN5O. The molecule has 1 unspecified atom stereocenters. The van der Waals surface area contributed by atoms with Crippen molar-refractivity contribution in [3.05, 3.63) is 65.2 Å². The first-order valence-corrected chi connectivity index (χ1v) is 9.46. The van der Waals surface area contributed by atoms with Crippen LogP contribution in [0.3, 0.4) is 0 Å². The molecule has 0 aliphatic carbocycles. The van der Waals surface area contributed by atoms with Crippen molar-refractivity contribution in [3.63, 3.8) is 0 Å². The van der Waals surface area contributed by atoms with E-state index < -0.39 is 0 Å². The summed E-state index contributed by atoms with van der Waals surface area (Å²) in [7, 11) is 0. The summed E-state index contributed by atoms with van der Waals surface area (Å²) in [5.41, 5.74) is 2.11. The van der Waals surface area contributed by atoms with Crippen LogP contribution in [0.2, 0.25) is 5.02 Å². The van der Waals surface area contributed by atoms with Crippen molar-refractivity contribution in [2.24, 2.45) is 0 Å². The van der Waals surface area contributed by atoms with Crippen LogP contribution < -0.4 is 5.32 Å². The maximum absolute atomic E-state index is 12.7. The van der Waals surface area contributed by atoms with Crippen molar-refractivity contribution in [1.29, 1.82) is 0 Å². The van der Waals surface area contributed by atoms with E-state index in [1.807, 2.05) is 36.4 Å². The van der Waals surface area contributed by atoms with Gasteiger partial charge in [-0.2, -0.15) is 0 Å². The lowest BCUT2D eigenvalue weighted by Crippen LogP contribution is -2.34. The Morgan fingerprint density at radius 1 is 1.15 bits per heavy atom. The number of pyridine rings is 1. The third-order valence-electron chi connectivity index (χ3n) is 4.85. The normalized spacial score (nSPS) is 16.0. The third kappa shape index (κ3) is 3.85. The summed E-state index contributed by atoms with van der Waals surface area (Å²) < 4.78 is 2.06. The Hall–Kier alpha value is -2.73. The summed E-state index contributed by atoms with van der Waals surface area (Å²) in [5, 5.41) is 12.4. The minimum Gasteiger partial charge on any atom is -0.355 e. The summed E-state index contributed by atoms with van der Waals surface area (Å²) in [6, 6.07) is 11.5. The molecule has 1 atom stereocenters. The number of hydrogen-bond acceptors (Lipinski definition) is 4. The second-order valence-corrected chi connectivity index (χ2v) is 7.07. The van der Waals surface area contributed by atoms with Crippen LogP contribution in [0.4, 0.5) is 0 Å². The van der Waals surface area contributed by atoms with Crippen molar-refractivity contribution in [3.8, 4) is 11.4 Å². The van der Waals surface area contributed by atoms with Gasteiger partial charge in [0.05, 0.1) is 5.92 Å². The van der Waals surface area contributed by atoms with Gasteiger partial charge < -0.3 is 9.88 Å². The third-order valence-corrected chi connectivity index (χ3v) is 5.10. The maximum atomic E-state index is 12.7. The van der Waals surface area contributed by atoms with Crippen molar-refractivity contribution in [1.82, 2.24) is 25.1 Å².